The van der Waals surface area contributed by atoms with Crippen LogP contribution in [0, 0.1) is 0 Å². The van der Waals surface area contributed by atoms with Crippen molar-refractivity contribution < 1.29 is 0 Å². The standard InChI is InChI=1S/C43H30S/c1-3-12-40-32(4-2)39-27-31(25-26-41(39)44-40)43-37-18-9-7-16-35(37)42(36-17-8-10-19-38(36)43)30-23-21-29(22-24-30)34-20-11-14-28-13-5-6-15-33(28)34/h3-27H,2H2,1H3/b12-3-. The van der Waals surface area contributed by atoms with Gasteiger partial charge in [0.25, 0.3) is 0 Å². The lowest BCUT2D eigenvalue weighted by molar-refractivity contribution is 1.63. The van der Waals surface area contributed by atoms with Gasteiger partial charge in [0, 0.05) is 15.0 Å². The van der Waals surface area contributed by atoms with Crippen molar-refractivity contribution in [2.75, 3.05) is 0 Å². The zero-order chi connectivity index (χ0) is 29.6. The third kappa shape index (κ3) is 4.20. The topological polar surface area (TPSA) is 0 Å². The van der Waals surface area contributed by atoms with Crippen molar-refractivity contribution >= 4 is 65.9 Å². The van der Waals surface area contributed by atoms with Gasteiger partial charge in [0.1, 0.15) is 0 Å². The van der Waals surface area contributed by atoms with Crippen LogP contribution in [0.5, 0.6) is 0 Å². The first-order valence-corrected chi connectivity index (χ1v) is 15.9. The summed E-state index contributed by atoms with van der Waals surface area (Å²) >= 11 is 1.83. The smallest absolute Gasteiger partial charge is 0.0355 e. The van der Waals surface area contributed by atoms with Crippen molar-refractivity contribution in [3.8, 4) is 33.4 Å². The molecule has 0 saturated carbocycles. The molecule has 0 aliphatic rings. The van der Waals surface area contributed by atoms with Crippen LogP contribution >= 0.6 is 11.3 Å². The first-order chi connectivity index (χ1) is 21.7. The molecule has 0 fully saturated rings. The lowest BCUT2D eigenvalue weighted by Crippen LogP contribution is -1.91. The first-order valence-electron chi connectivity index (χ1n) is 15.1. The number of hydrogen-bond acceptors (Lipinski definition) is 1. The van der Waals surface area contributed by atoms with Gasteiger partial charge in [-0.2, -0.15) is 0 Å². The lowest BCUT2D eigenvalue weighted by Gasteiger charge is -2.18. The van der Waals surface area contributed by atoms with Crippen LogP contribution in [0.3, 0.4) is 0 Å². The van der Waals surface area contributed by atoms with Gasteiger partial charge in [0.05, 0.1) is 0 Å². The Bertz CT molecular complexity index is 2340. The molecule has 0 unspecified atom stereocenters. The summed E-state index contributed by atoms with van der Waals surface area (Å²) in [7, 11) is 0. The third-order valence-corrected chi connectivity index (χ3v) is 9.92. The second kappa shape index (κ2) is 10.8. The number of benzene rings is 7. The Morgan fingerprint density at radius 2 is 1.07 bits per heavy atom. The second-order valence-corrected chi connectivity index (χ2v) is 12.3. The summed E-state index contributed by atoms with van der Waals surface area (Å²) in [5, 5.41) is 8.87. The van der Waals surface area contributed by atoms with E-state index in [1.807, 2.05) is 17.4 Å². The van der Waals surface area contributed by atoms with Crippen LogP contribution in [-0.4, -0.2) is 0 Å². The van der Waals surface area contributed by atoms with Crippen molar-refractivity contribution in [3.05, 3.63) is 157 Å². The van der Waals surface area contributed by atoms with E-state index in [-0.39, 0.29) is 0 Å². The fourth-order valence-corrected chi connectivity index (χ4v) is 7.98. The largest absolute Gasteiger partial charge is 0.135 e. The Kier molecular flexibility index (Phi) is 6.47. The molecule has 1 heterocycles. The zero-order valence-electron chi connectivity index (χ0n) is 24.5. The lowest BCUT2D eigenvalue weighted by atomic mass is 9.85. The van der Waals surface area contributed by atoms with Crippen LogP contribution in [0.25, 0.3) is 87.9 Å². The van der Waals surface area contributed by atoms with Crippen molar-refractivity contribution in [3.63, 3.8) is 0 Å². The highest BCUT2D eigenvalue weighted by Gasteiger charge is 2.18. The van der Waals surface area contributed by atoms with Gasteiger partial charge in [-0.05, 0) is 96.4 Å². The van der Waals surface area contributed by atoms with Gasteiger partial charge in [0.2, 0.25) is 0 Å². The second-order valence-electron chi connectivity index (χ2n) is 11.2. The maximum Gasteiger partial charge on any atom is 0.0355 e. The van der Waals surface area contributed by atoms with Gasteiger partial charge < -0.3 is 0 Å². The Morgan fingerprint density at radius 1 is 0.523 bits per heavy atom. The first kappa shape index (κ1) is 26.4. The summed E-state index contributed by atoms with van der Waals surface area (Å²) in [6, 6.07) is 49.0. The molecule has 8 rings (SSSR count). The average molecular weight is 579 g/mol. The minimum Gasteiger partial charge on any atom is -0.135 e. The Balaban J connectivity index is 1.35. The predicted octanol–water partition coefficient (Wildman–Crippen LogP) is 13.0. The van der Waals surface area contributed by atoms with Crippen molar-refractivity contribution in [2.45, 2.75) is 6.92 Å². The molecule has 7 aromatic carbocycles. The van der Waals surface area contributed by atoms with Gasteiger partial charge in [-0.15, -0.1) is 11.3 Å². The molecule has 0 aliphatic heterocycles. The molecular weight excluding hydrogens is 549 g/mol. The molecule has 8 aromatic rings. The molecule has 0 aliphatic carbocycles. The quantitative estimate of drug-likeness (QED) is 0.178. The van der Waals surface area contributed by atoms with Crippen LogP contribution in [0.4, 0.5) is 0 Å². The minimum absolute atomic E-state index is 1.21. The van der Waals surface area contributed by atoms with Gasteiger partial charge in [-0.3, -0.25) is 0 Å². The predicted molar refractivity (Wildman–Crippen MR) is 195 cm³/mol. The van der Waals surface area contributed by atoms with E-state index in [0.717, 1.165) is 0 Å². The van der Waals surface area contributed by atoms with Crippen molar-refractivity contribution in [1.82, 2.24) is 0 Å². The van der Waals surface area contributed by atoms with E-state index in [0.29, 0.717) is 0 Å². The Labute approximate surface area is 261 Å². The highest BCUT2D eigenvalue weighted by molar-refractivity contribution is 7.20. The van der Waals surface area contributed by atoms with Gasteiger partial charge in [0.15, 0.2) is 0 Å². The molecule has 0 amide bonds. The molecule has 1 aromatic heterocycles. The number of rotatable bonds is 5. The molecule has 44 heavy (non-hydrogen) atoms. The highest BCUT2D eigenvalue weighted by atomic mass is 32.1. The van der Waals surface area contributed by atoms with Crippen molar-refractivity contribution in [2.24, 2.45) is 0 Å². The van der Waals surface area contributed by atoms with E-state index >= 15 is 0 Å². The molecule has 0 N–H and O–H groups in total. The molecule has 208 valence electrons. The summed E-state index contributed by atoms with van der Waals surface area (Å²) in [5.74, 6) is 0. The fourth-order valence-electron chi connectivity index (χ4n) is 6.82. The average Bonchev–Trinajstić information content (AvgIpc) is 3.43. The summed E-state index contributed by atoms with van der Waals surface area (Å²) in [6.07, 6.45) is 6.29. The summed E-state index contributed by atoms with van der Waals surface area (Å²) < 4.78 is 1.29. The van der Waals surface area contributed by atoms with E-state index in [9.17, 15) is 0 Å². The normalized spacial score (nSPS) is 11.8. The Hall–Kier alpha value is -5.24. The summed E-state index contributed by atoms with van der Waals surface area (Å²) in [6.45, 7) is 6.23. The summed E-state index contributed by atoms with van der Waals surface area (Å²) in [4.78, 5) is 1.26. The number of thiophene rings is 1. The van der Waals surface area contributed by atoms with Gasteiger partial charge in [-0.25, -0.2) is 0 Å². The molecular formula is C43H30S. The van der Waals surface area contributed by atoms with Gasteiger partial charge in [-0.1, -0.05) is 140 Å². The number of hydrogen-bond donors (Lipinski definition) is 0. The number of allylic oxidation sites excluding steroid dienone is 1. The maximum absolute atomic E-state index is 4.16. The van der Waals surface area contributed by atoms with Crippen LogP contribution in [0.1, 0.15) is 17.4 Å². The van der Waals surface area contributed by atoms with E-state index < -0.39 is 0 Å². The van der Waals surface area contributed by atoms with Crippen LogP contribution < -0.4 is 0 Å². The minimum atomic E-state index is 1.21. The zero-order valence-corrected chi connectivity index (χ0v) is 25.4. The van der Waals surface area contributed by atoms with E-state index in [1.165, 1.54) is 86.2 Å². The maximum atomic E-state index is 4.16. The fraction of sp³-hybridized carbons (Fsp3) is 0.0233. The molecule has 0 atom stereocenters. The van der Waals surface area contributed by atoms with E-state index in [2.05, 4.69) is 159 Å². The van der Waals surface area contributed by atoms with Crippen LogP contribution in [0.15, 0.2) is 146 Å². The molecule has 0 nitrogen and oxygen atoms in total. The van der Waals surface area contributed by atoms with Crippen molar-refractivity contribution in [1.29, 1.82) is 0 Å². The number of fused-ring (bicyclic) bond motifs is 4. The van der Waals surface area contributed by atoms with E-state index in [1.54, 1.807) is 0 Å². The van der Waals surface area contributed by atoms with Crippen LogP contribution in [0.2, 0.25) is 0 Å². The SMILES string of the molecule is C=Cc1c(/C=C\C)sc2ccc(-c3c4ccccc4c(-c4ccc(-c5cccc6ccccc56)cc4)c4ccccc34)cc12. The molecule has 0 radical (unpaired) electrons. The summed E-state index contributed by atoms with van der Waals surface area (Å²) in [5.41, 5.74) is 8.73. The van der Waals surface area contributed by atoms with Gasteiger partial charge >= 0.3 is 0 Å². The van der Waals surface area contributed by atoms with E-state index in [4.69, 9.17) is 0 Å². The Morgan fingerprint density at radius 3 is 1.70 bits per heavy atom. The molecule has 1 heteroatoms. The molecule has 0 bridgehead atoms. The monoisotopic (exact) mass is 578 g/mol. The molecule has 0 spiro atoms. The van der Waals surface area contributed by atoms with Crippen LogP contribution in [-0.2, 0) is 0 Å². The third-order valence-electron chi connectivity index (χ3n) is 8.77. The highest BCUT2D eigenvalue weighted by Crippen LogP contribution is 2.45. The molecule has 0 saturated heterocycles.